The number of nitrogens with zero attached hydrogens (tertiary/aromatic N) is 3. The van der Waals surface area contributed by atoms with E-state index in [9.17, 15) is 19.2 Å². The topological polar surface area (TPSA) is 114 Å². The molecule has 0 spiro atoms. The zero-order valence-corrected chi connectivity index (χ0v) is 20.4. The lowest BCUT2D eigenvalue weighted by molar-refractivity contribution is 0.0589. The Hall–Kier alpha value is -3.18. The predicted octanol–water partition coefficient (Wildman–Crippen LogP) is 1.47. The second-order valence-electron chi connectivity index (χ2n) is 8.18. The monoisotopic (exact) mass is 476 g/mol. The molecule has 0 unspecified atom stereocenters. The van der Waals surface area contributed by atoms with Crippen molar-refractivity contribution in [3.63, 3.8) is 0 Å². The number of methoxy groups -OCH3 is 2. The summed E-state index contributed by atoms with van der Waals surface area (Å²) in [5.74, 6) is -0.789. The summed E-state index contributed by atoms with van der Waals surface area (Å²) in [4.78, 5) is 52.2. The molecule has 0 aliphatic carbocycles. The molecule has 3 rings (SSSR count). The Labute approximate surface area is 194 Å². The highest BCUT2D eigenvalue weighted by Crippen LogP contribution is 2.31. The molecule has 0 aliphatic rings. The number of rotatable bonds is 8. The quantitative estimate of drug-likeness (QED) is 0.389. The lowest BCUT2D eigenvalue weighted by atomic mass is 10.1. The average molecular weight is 477 g/mol. The van der Waals surface area contributed by atoms with Gasteiger partial charge in [0.1, 0.15) is 17.3 Å². The molecule has 0 saturated carbocycles. The van der Waals surface area contributed by atoms with E-state index in [1.54, 1.807) is 28.4 Å². The van der Waals surface area contributed by atoms with Gasteiger partial charge in [0.05, 0.1) is 18.1 Å². The molecule has 178 valence electrons. The van der Waals surface area contributed by atoms with Crippen molar-refractivity contribution in [3.8, 4) is 0 Å². The number of thiophene rings is 1. The first-order valence-corrected chi connectivity index (χ1v) is 11.2. The number of aryl methyl sites for hydroxylation is 1. The van der Waals surface area contributed by atoms with E-state index in [1.165, 1.54) is 32.6 Å². The maximum atomic E-state index is 13.1. The number of amides is 1. The van der Waals surface area contributed by atoms with Crippen molar-refractivity contribution < 1.29 is 19.1 Å². The number of nitrogens with one attached hydrogen (secondary N) is 1. The third-order valence-electron chi connectivity index (χ3n) is 5.22. The smallest absolute Gasteiger partial charge is 0.354 e. The van der Waals surface area contributed by atoms with Gasteiger partial charge in [-0.25, -0.2) is 9.59 Å². The molecule has 0 saturated heterocycles. The van der Waals surface area contributed by atoms with Crippen LogP contribution in [0.15, 0.2) is 21.9 Å². The summed E-state index contributed by atoms with van der Waals surface area (Å²) < 4.78 is 14.0. The van der Waals surface area contributed by atoms with Gasteiger partial charge >= 0.3 is 11.7 Å². The molecule has 33 heavy (non-hydrogen) atoms. The van der Waals surface area contributed by atoms with Crippen molar-refractivity contribution in [3.05, 3.63) is 54.8 Å². The van der Waals surface area contributed by atoms with Crippen LogP contribution in [0.2, 0.25) is 0 Å². The molecule has 3 aromatic heterocycles. The van der Waals surface area contributed by atoms with Gasteiger partial charge in [0, 0.05) is 45.2 Å². The van der Waals surface area contributed by atoms with E-state index in [2.05, 4.69) is 5.32 Å². The van der Waals surface area contributed by atoms with Gasteiger partial charge in [-0.05, 0) is 17.5 Å². The Morgan fingerprint density at radius 3 is 2.48 bits per heavy atom. The highest BCUT2D eigenvalue weighted by atomic mass is 32.1. The van der Waals surface area contributed by atoms with Crippen LogP contribution in [0.5, 0.6) is 0 Å². The van der Waals surface area contributed by atoms with Crippen molar-refractivity contribution in [2.24, 2.45) is 20.0 Å². The summed E-state index contributed by atoms with van der Waals surface area (Å²) in [7, 11) is 5.89. The van der Waals surface area contributed by atoms with Gasteiger partial charge in [0.15, 0.2) is 0 Å². The molecule has 3 heterocycles. The number of hydrogen-bond donors (Lipinski definition) is 1. The van der Waals surface area contributed by atoms with Gasteiger partial charge in [-0.2, -0.15) is 0 Å². The Balaban J connectivity index is 2.26. The van der Waals surface area contributed by atoms with Gasteiger partial charge in [-0.15, -0.1) is 11.3 Å². The Kier molecular flexibility index (Phi) is 7.23. The number of aromatic nitrogens is 3. The minimum absolute atomic E-state index is 0.0284. The van der Waals surface area contributed by atoms with Crippen molar-refractivity contribution in [2.45, 2.75) is 26.8 Å². The Morgan fingerprint density at radius 2 is 1.88 bits per heavy atom. The highest BCUT2D eigenvalue weighted by Gasteiger charge is 2.26. The number of hydrogen-bond acceptors (Lipinski definition) is 7. The number of carbonyl (C=O) groups excluding carboxylic acids is 2. The minimum atomic E-state index is -0.525. The van der Waals surface area contributed by atoms with Gasteiger partial charge in [0.2, 0.25) is 0 Å². The van der Waals surface area contributed by atoms with Crippen LogP contribution in [-0.2, 0) is 36.5 Å². The molecular weight excluding hydrogens is 448 g/mol. The van der Waals surface area contributed by atoms with Gasteiger partial charge in [-0.3, -0.25) is 18.7 Å². The van der Waals surface area contributed by atoms with Crippen LogP contribution in [0.3, 0.4) is 0 Å². The fraction of sp³-hybridized carbons (Fsp3) is 0.455. The summed E-state index contributed by atoms with van der Waals surface area (Å²) in [6.07, 6.45) is 2.06. The van der Waals surface area contributed by atoms with E-state index in [-0.39, 0.29) is 23.6 Å². The molecule has 1 N–H and O–H groups in total. The van der Waals surface area contributed by atoms with E-state index in [4.69, 9.17) is 9.47 Å². The van der Waals surface area contributed by atoms with Gasteiger partial charge < -0.3 is 19.4 Å². The Morgan fingerprint density at radius 1 is 1.18 bits per heavy atom. The number of carbonyl (C=O) groups is 2. The third kappa shape index (κ3) is 4.64. The maximum Gasteiger partial charge on any atom is 0.354 e. The summed E-state index contributed by atoms with van der Waals surface area (Å²) in [5, 5.41) is 2.85. The van der Waals surface area contributed by atoms with Gasteiger partial charge in [-0.1, -0.05) is 13.8 Å². The molecule has 0 atom stereocenters. The molecule has 0 aromatic carbocycles. The van der Waals surface area contributed by atoms with E-state index >= 15 is 0 Å². The first-order valence-electron chi connectivity index (χ1n) is 10.4. The van der Waals surface area contributed by atoms with E-state index in [0.29, 0.717) is 28.4 Å². The molecule has 3 aromatic rings. The van der Waals surface area contributed by atoms with E-state index in [1.807, 2.05) is 13.8 Å². The van der Waals surface area contributed by atoms with Crippen LogP contribution >= 0.6 is 11.3 Å². The third-order valence-corrected chi connectivity index (χ3v) is 6.43. The summed E-state index contributed by atoms with van der Waals surface area (Å²) in [6.45, 7) is 4.32. The number of fused-ring (bicyclic) bond motifs is 1. The zero-order valence-electron chi connectivity index (χ0n) is 19.6. The molecule has 0 fully saturated rings. The molecule has 11 heteroatoms. The number of esters is 1. The second kappa shape index (κ2) is 9.75. The first-order chi connectivity index (χ1) is 15.6. The van der Waals surface area contributed by atoms with Crippen LogP contribution in [-0.4, -0.2) is 46.5 Å². The summed E-state index contributed by atoms with van der Waals surface area (Å²) >= 11 is 1.24. The maximum absolute atomic E-state index is 13.1. The molecular formula is C22H28N4O6S. The molecule has 0 bridgehead atoms. The lowest BCUT2D eigenvalue weighted by Crippen LogP contribution is -2.39. The molecule has 10 nitrogen and oxygen atoms in total. The first kappa shape index (κ1) is 24.5. The van der Waals surface area contributed by atoms with Crippen molar-refractivity contribution >= 4 is 33.4 Å². The average Bonchev–Trinajstić information content (AvgIpc) is 3.33. The van der Waals surface area contributed by atoms with Crippen LogP contribution in [0.1, 0.15) is 45.1 Å². The fourth-order valence-corrected chi connectivity index (χ4v) is 5.04. The molecule has 0 aliphatic heterocycles. The molecule has 1 amide bonds. The van der Waals surface area contributed by atoms with Gasteiger partial charge in [0.25, 0.3) is 11.5 Å². The highest BCUT2D eigenvalue weighted by molar-refractivity contribution is 7.19. The van der Waals surface area contributed by atoms with Crippen LogP contribution in [0, 0.1) is 5.92 Å². The fourth-order valence-electron chi connectivity index (χ4n) is 3.72. The summed E-state index contributed by atoms with van der Waals surface area (Å²) in [6, 6.07) is 1.69. The Bertz CT molecular complexity index is 1330. The number of ether oxygens (including phenoxy) is 2. The normalized spacial score (nSPS) is 11.4. The van der Waals surface area contributed by atoms with E-state index in [0.717, 1.165) is 10.1 Å². The van der Waals surface area contributed by atoms with Crippen molar-refractivity contribution in [1.29, 1.82) is 0 Å². The zero-order chi connectivity index (χ0) is 24.4. The minimum Gasteiger partial charge on any atom is -0.464 e. The van der Waals surface area contributed by atoms with Crippen LogP contribution < -0.4 is 16.6 Å². The lowest BCUT2D eigenvalue weighted by Gasteiger charge is -2.12. The van der Waals surface area contributed by atoms with Crippen LogP contribution in [0.25, 0.3) is 10.2 Å². The predicted molar refractivity (Wildman–Crippen MR) is 125 cm³/mol. The largest absolute Gasteiger partial charge is 0.464 e. The second-order valence-corrected chi connectivity index (χ2v) is 9.27. The summed E-state index contributed by atoms with van der Waals surface area (Å²) in [5.41, 5.74) is 0.397. The SMILES string of the molecule is COCNC(=O)c1c(Cc2cc(C(=O)OC)n(C)c2)sc2c1c(=O)n(C)c(=O)n2CC(C)C. The van der Waals surface area contributed by atoms with E-state index < -0.39 is 23.1 Å². The van der Waals surface area contributed by atoms with Crippen molar-refractivity contribution in [1.82, 2.24) is 19.0 Å². The molecule has 0 radical (unpaired) electrons. The van der Waals surface area contributed by atoms with Crippen molar-refractivity contribution in [2.75, 3.05) is 21.0 Å². The van der Waals surface area contributed by atoms with Crippen LogP contribution in [0.4, 0.5) is 0 Å². The standard InChI is InChI=1S/C22H28N4O6S/c1-12(2)9-26-20-17(19(28)25(4)22(26)30)16(18(27)23-11-31-5)15(33-20)8-13-7-14(21(29)32-6)24(3)10-13/h7,10,12H,8-9,11H2,1-6H3,(H,23,27).